The molecule has 1 unspecified atom stereocenters. The number of nitrogens with zero attached hydrogens (tertiary/aromatic N) is 1. The van der Waals surface area contributed by atoms with E-state index < -0.39 is 15.8 Å². The Bertz CT molecular complexity index is 577. The van der Waals surface area contributed by atoms with Gasteiger partial charge in [0.05, 0.1) is 13.2 Å². The van der Waals surface area contributed by atoms with Crippen LogP contribution in [0.4, 0.5) is 4.39 Å². The van der Waals surface area contributed by atoms with Crippen LogP contribution in [0.2, 0.25) is 0 Å². The summed E-state index contributed by atoms with van der Waals surface area (Å²) in [7, 11) is -2.07. The summed E-state index contributed by atoms with van der Waals surface area (Å²) in [4.78, 5) is -0.272. The van der Waals surface area contributed by atoms with E-state index >= 15 is 0 Å². The number of morpholine rings is 1. The first-order valence-electron chi connectivity index (χ1n) is 6.49. The van der Waals surface area contributed by atoms with E-state index in [1.54, 1.807) is 20.0 Å². The first-order chi connectivity index (χ1) is 9.46. The lowest BCUT2D eigenvalue weighted by Gasteiger charge is -2.32. The summed E-state index contributed by atoms with van der Waals surface area (Å²) < 4.78 is 45.6. The van der Waals surface area contributed by atoms with E-state index in [0.717, 1.165) is 0 Å². The molecule has 0 amide bonds. The second-order valence-corrected chi connectivity index (χ2v) is 6.69. The van der Waals surface area contributed by atoms with Gasteiger partial charge >= 0.3 is 0 Å². The normalized spacial score (nSPS) is 21.1. The van der Waals surface area contributed by atoms with Crippen LogP contribution in [0.25, 0.3) is 0 Å². The molecule has 1 aliphatic heterocycles. The van der Waals surface area contributed by atoms with E-state index in [9.17, 15) is 12.8 Å². The number of benzene rings is 1. The average Bonchev–Trinajstić information content (AvgIpc) is 2.39. The molecule has 20 heavy (non-hydrogen) atoms. The third kappa shape index (κ3) is 3.01. The molecule has 1 heterocycles. The van der Waals surface area contributed by atoms with Crippen LogP contribution in [0.15, 0.2) is 23.1 Å². The molecule has 7 heteroatoms. The van der Waals surface area contributed by atoms with Crippen LogP contribution < -0.4 is 5.32 Å². The highest BCUT2D eigenvalue weighted by Gasteiger charge is 2.33. The van der Waals surface area contributed by atoms with Crippen molar-refractivity contribution in [1.29, 1.82) is 0 Å². The van der Waals surface area contributed by atoms with Crippen LogP contribution in [-0.4, -0.2) is 45.6 Å². The molecule has 0 aliphatic carbocycles. The Labute approximate surface area is 118 Å². The van der Waals surface area contributed by atoms with E-state index in [-0.39, 0.29) is 17.5 Å². The van der Waals surface area contributed by atoms with Gasteiger partial charge in [-0.1, -0.05) is 6.07 Å². The summed E-state index contributed by atoms with van der Waals surface area (Å²) in [5, 5.41) is 2.90. The lowest BCUT2D eigenvalue weighted by Crippen LogP contribution is -2.47. The Morgan fingerprint density at radius 3 is 2.85 bits per heavy atom. The highest BCUT2D eigenvalue weighted by atomic mass is 32.2. The molecule has 1 aliphatic rings. The zero-order chi connectivity index (χ0) is 14.8. The van der Waals surface area contributed by atoms with Crippen LogP contribution in [-0.2, 0) is 21.3 Å². The Balaban J connectivity index is 2.34. The molecule has 0 bridgehead atoms. The topological polar surface area (TPSA) is 58.6 Å². The minimum Gasteiger partial charge on any atom is -0.378 e. The van der Waals surface area contributed by atoms with Crippen molar-refractivity contribution in [3.05, 3.63) is 29.6 Å². The predicted octanol–water partition coefficient (Wildman–Crippen LogP) is 0.954. The maximum Gasteiger partial charge on any atom is 0.246 e. The Morgan fingerprint density at radius 1 is 1.50 bits per heavy atom. The molecule has 1 aromatic rings. The maximum atomic E-state index is 14.1. The molecule has 0 radical (unpaired) electrons. The number of hydrogen-bond acceptors (Lipinski definition) is 4. The standard InChI is InChI=1S/C13H19FN2O3S/c1-10-9-19-6-5-16(10)20(17,18)13-4-3-11(8-15-2)7-12(13)14/h3-4,7,10,15H,5-6,8-9H2,1-2H3. The van der Waals surface area contributed by atoms with Gasteiger partial charge in [-0.05, 0) is 31.7 Å². The molecule has 1 fully saturated rings. The molecule has 1 N–H and O–H groups in total. The van der Waals surface area contributed by atoms with Gasteiger partial charge in [0.1, 0.15) is 10.7 Å². The van der Waals surface area contributed by atoms with Gasteiger partial charge in [-0.15, -0.1) is 0 Å². The highest BCUT2D eigenvalue weighted by Crippen LogP contribution is 2.23. The van der Waals surface area contributed by atoms with E-state index in [4.69, 9.17) is 4.74 Å². The zero-order valence-electron chi connectivity index (χ0n) is 11.6. The lowest BCUT2D eigenvalue weighted by atomic mass is 10.2. The van der Waals surface area contributed by atoms with E-state index in [2.05, 4.69) is 5.32 Å². The van der Waals surface area contributed by atoms with Crippen molar-refractivity contribution in [2.45, 2.75) is 24.4 Å². The number of hydrogen-bond donors (Lipinski definition) is 1. The Morgan fingerprint density at radius 2 is 2.25 bits per heavy atom. The molecular formula is C13H19FN2O3S. The molecule has 0 aromatic heterocycles. The van der Waals surface area contributed by atoms with Crippen molar-refractivity contribution in [3.63, 3.8) is 0 Å². The van der Waals surface area contributed by atoms with Crippen LogP contribution >= 0.6 is 0 Å². The summed E-state index contributed by atoms with van der Waals surface area (Å²) >= 11 is 0. The Hall–Kier alpha value is -1.02. The number of nitrogens with one attached hydrogen (secondary N) is 1. The van der Waals surface area contributed by atoms with Crippen molar-refractivity contribution in [2.24, 2.45) is 0 Å². The number of halogens is 1. The van der Waals surface area contributed by atoms with E-state index in [1.165, 1.54) is 16.4 Å². The fraction of sp³-hybridized carbons (Fsp3) is 0.538. The molecule has 0 saturated carbocycles. The summed E-state index contributed by atoms with van der Waals surface area (Å²) in [6.07, 6.45) is 0. The second kappa shape index (κ2) is 6.17. The van der Waals surface area contributed by atoms with E-state index in [1.807, 2.05) is 0 Å². The van der Waals surface area contributed by atoms with Crippen LogP contribution in [0.5, 0.6) is 0 Å². The molecule has 1 saturated heterocycles. The smallest absolute Gasteiger partial charge is 0.246 e. The second-order valence-electron chi connectivity index (χ2n) is 4.83. The molecule has 5 nitrogen and oxygen atoms in total. The molecular weight excluding hydrogens is 283 g/mol. The van der Waals surface area contributed by atoms with E-state index in [0.29, 0.717) is 25.3 Å². The number of rotatable bonds is 4. The van der Waals surface area contributed by atoms with Gasteiger partial charge in [0.15, 0.2) is 0 Å². The summed E-state index contributed by atoms with van der Waals surface area (Å²) in [6.45, 7) is 3.16. The van der Waals surface area contributed by atoms with Crippen molar-refractivity contribution in [1.82, 2.24) is 9.62 Å². The van der Waals surface area contributed by atoms with Crippen LogP contribution in [0.1, 0.15) is 12.5 Å². The SMILES string of the molecule is CNCc1ccc(S(=O)(=O)N2CCOCC2C)c(F)c1. The lowest BCUT2D eigenvalue weighted by molar-refractivity contribution is 0.0392. The first kappa shape index (κ1) is 15.4. The van der Waals surface area contributed by atoms with Gasteiger partial charge in [-0.2, -0.15) is 4.31 Å². The Kier molecular flexibility index (Phi) is 4.74. The van der Waals surface area contributed by atoms with Crippen molar-refractivity contribution in [3.8, 4) is 0 Å². The average molecular weight is 302 g/mol. The van der Waals surface area contributed by atoms with Gasteiger partial charge in [-0.3, -0.25) is 0 Å². The largest absolute Gasteiger partial charge is 0.378 e. The van der Waals surface area contributed by atoms with Gasteiger partial charge in [0, 0.05) is 19.1 Å². The minimum absolute atomic E-state index is 0.251. The first-order valence-corrected chi connectivity index (χ1v) is 7.93. The molecule has 1 atom stereocenters. The molecule has 1 aromatic carbocycles. The van der Waals surface area contributed by atoms with Gasteiger partial charge < -0.3 is 10.1 Å². The zero-order valence-corrected chi connectivity index (χ0v) is 12.4. The van der Waals surface area contributed by atoms with Crippen molar-refractivity contribution in [2.75, 3.05) is 26.8 Å². The van der Waals surface area contributed by atoms with Crippen molar-refractivity contribution < 1.29 is 17.5 Å². The van der Waals surface area contributed by atoms with Gasteiger partial charge in [0.25, 0.3) is 0 Å². The minimum atomic E-state index is -3.82. The fourth-order valence-corrected chi connectivity index (χ4v) is 3.91. The summed E-state index contributed by atoms with van der Waals surface area (Å²) in [5.41, 5.74) is 0.707. The van der Waals surface area contributed by atoms with Gasteiger partial charge in [0.2, 0.25) is 10.0 Å². The third-order valence-corrected chi connectivity index (χ3v) is 5.32. The molecule has 0 spiro atoms. The quantitative estimate of drug-likeness (QED) is 0.900. The van der Waals surface area contributed by atoms with Crippen molar-refractivity contribution >= 4 is 10.0 Å². The molecule has 2 rings (SSSR count). The van der Waals surface area contributed by atoms with Crippen LogP contribution in [0.3, 0.4) is 0 Å². The van der Waals surface area contributed by atoms with Crippen LogP contribution in [0, 0.1) is 5.82 Å². The highest BCUT2D eigenvalue weighted by molar-refractivity contribution is 7.89. The third-order valence-electron chi connectivity index (χ3n) is 3.27. The fourth-order valence-electron chi connectivity index (χ4n) is 2.26. The van der Waals surface area contributed by atoms with Gasteiger partial charge in [-0.25, -0.2) is 12.8 Å². The summed E-state index contributed by atoms with van der Waals surface area (Å²) in [5.74, 6) is -0.712. The molecule has 112 valence electrons. The predicted molar refractivity (Wildman–Crippen MR) is 73.3 cm³/mol. The number of ether oxygens (including phenoxy) is 1. The maximum absolute atomic E-state index is 14.1. The number of sulfonamides is 1. The summed E-state index contributed by atoms with van der Waals surface area (Å²) in [6, 6.07) is 3.93. The monoisotopic (exact) mass is 302 g/mol.